The lowest BCUT2D eigenvalue weighted by Crippen LogP contribution is -1.96. The van der Waals surface area contributed by atoms with E-state index in [4.69, 9.17) is 0 Å². The highest BCUT2D eigenvalue weighted by Crippen LogP contribution is 2.49. The molecule has 230 valence electrons. The Hall–Kier alpha value is -6.64. The first-order chi connectivity index (χ1) is 24.8. The maximum atomic E-state index is 2.52. The van der Waals surface area contributed by atoms with Crippen LogP contribution in [0.25, 0.3) is 110 Å². The molecule has 0 atom stereocenters. The van der Waals surface area contributed by atoms with Crippen LogP contribution in [0.1, 0.15) is 0 Å². The van der Waals surface area contributed by atoms with Gasteiger partial charge in [-0.2, -0.15) is 0 Å². The topological polar surface area (TPSA) is 9.86 Å². The van der Waals surface area contributed by atoms with Gasteiger partial charge in [-0.05, 0) is 91.6 Å². The Bertz CT molecular complexity index is 3250. The Labute approximate surface area is 287 Å². The fraction of sp³-hybridized carbons (Fsp3) is 0. The Balaban J connectivity index is 1.24. The Morgan fingerprint density at radius 1 is 0.280 bits per heavy atom. The number of benzene rings is 9. The summed E-state index contributed by atoms with van der Waals surface area (Å²) in [5, 5.41) is 12.9. The summed E-state index contributed by atoms with van der Waals surface area (Å²) in [6.07, 6.45) is 0. The smallest absolute Gasteiger partial charge is 0.0619 e. The minimum atomic E-state index is 1.18. The van der Waals surface area contributed by atoms with Gasteiger partial charge in [0.15, 0.2) is 0 Å². The maximum absolute atomic E-state index is 2.52. The molecule has 0 bridgehead atoms. The van der Waals surface area contributed by atoms with Crippen LogP contribution in [-0.2, 0) is 0 Å². The summed E-state index contributed by atoms with van der Waals surface area (Å²) in [5.41, 5.74) is 12.6. The van der Waals surface area contributed by atoms with E-state index in [1.54, 1.807) is 0 Å². The maximum Gasteiger partial charge on any atom is 0.0619 e. The van der Waals surface area contributed by atoms with E-state index in [2.05, 4.69) is 179 Å². The average Bonchev–Trinajstić information content (AvgIpc) is 3.82. The van der Waals surface area contributed by atoms with Crippen molar-refractivity contribution in [1.82, 2.24) is 9.13 Å². The Morgan fingerprint density at radius 3 is 1.78 bits per heavy atom. The van der Waals surface area contributed by atoms with E-state index in [9.17, 15) is 0 Å². The summed E-state index contributed by atoms with van der Waals surface area (Å²) in [6.45, 7) is 0. The second-order valence-electron chi connectivity index (χ2n) is 13.7. The molecule has 2 aromatic heterocycles. The average molecular weight is 633 g/mol. The van der Waals surface area contributed by atoms with Gasteiger partial charge in [0.2, 0.25) is 0 Å². The molecule has 0 saturated carbocycles. The lowest BCUT2D eigenvalue weighted by molar-refractivity contribution is 1.18. The molecule has 0 saturated heterocycles. The van der Waals surface area contributed by atoms with Gasteiger partial charge in [-0.15, -0.1) is 0 Å². The molecule has 0 radical (unpaired) electrons. The number of fused-ring (bicyclic) bond motifs is 14. The highest BCUT2D eigenvalue weighted by Gasteiger charge is 2.24. The van der Waals surface area contributed by atoms with Crippen LogP contribution in [0.15, 0.2) is 170 Å². The molecule has 0 fully saturated rings. The molecule has 11 aromatic rings. The van der Waals surface area contributed by atoms with Gasteiger partial charge in [0.25, 0.3) is 0 Å². The largest absolute Gasteiger partial charge is 0.309 e. The highest BCUT2D eigenvalue weighted by atomic mass is 15.0. The zero-order valence-electron chi connectivity index (χ0n) is 27.1. The SMILES string of the molecule is c1ccc(-n2c3ccccc3c3c4c(ccc5c4ccc4c6ccccc6n(-c6cc7c8c(cccc8c6)-c6ccccc6-7)c54)ccc32)cc1. The second kappa shape index (κ2) is 9.49. The van der Waals surface area contributed by atoms with Gasteiger partial charge in [-0.3, -0.25) is 0 Å². The third-order valence-corrected chi connectivity index (χ3v) is 11.2. The molecule has 12 rings (SSSR count). The van der Waals surface area contributed by atoms with E-state index in [0.717, 1.165) is 0 Å². The molecule has 9 aromatic carbocycles. The summed E-state index contributed by atoms with van der Waals surface area (Å²) in [6, 6.07) is 63.0. The minimum Gasteiger partial charge on any atom is -0.309 e. The monoisotopic (exact) mass is 632 g/mol. The van der Waals surface area contributed by atoms with Gasteiger partial charge >= 0.3 is 0 Å². The molecule has 0 spiro atoms. The first kappa shape index (κ1) is 26.3. The van der Waals surface area contributed by atoms with Crippen molar-refractivity contribution in [2.45, 2.75) is 0 Å². The zero-order chi connectivity index (χ0) is 32.5. The second-order valence-corrected chi connectivity index (χ2v) is 13.7. The van der Waals surface area contributed by atoms with E-state index in [1.807, 2.05) is 0 Å². The number of rotatable bonds is 2. The van der Waals surface area contributed by atoms with Crippen LogP contribution in [0.3, 0.4) is 0 Å². The van der Waals surface area contributed by atoms with E-state index in [0.29, 0.717) is 0 Å². The first-order valence-electron chi connectivity index (χ1n) is 17.4. The third kappa shape index (κ3) is 3.28. The lowest BCUT2D eigenvalue weighted by atomic mass is 9.96. The van der Waals surface area contributed by atoms with Crippen LogP contribution in [0.4, 0.5) is 0 Å². The van der Waals surface area contributed by atoms with Crippen molar-refractivity contribution in [3.05, 3.63) is 170 Å². The number of hydrogen-bond acceptors (Lipinski definition) is 0. The Morgan fingerprint density at radius 2 is 0.920 bits per heavy atom. The van der Waals surface area contributed by atoms with Crippen molar-refractivity contribution in [1.29, 1.82) is 0 Å². The molecule has 1 aliphatic carbocycles. The molecule has 0 N–H and O–H groups in total. The molecule has 50 heavy (non-hydrogen) atoms. The van der Waals surface area contributed by atoms with Crippen molar-refractivity contribution in [2.75, 3.05) is 0 Å². The summed E-state index contributed by atoms with van der Waals surface area (Å²) < 4.78 is 4.94. The van der Waals surface area contributed by atoms with Crippen molar-refractivity contribution in [2.24, 2.45) is 0 Å². The molecule has 1 aliphatic rings. The first-order valence-corrected chi connectivity index (χ1v) is 17.4. The molecule has 0 unspecified atom stereocenters. The number of para-hydroxylation sites is 3. The standard InChI is InChI=1S/C48H28N2/c1-2-12-31(13-3-1)49-43-20-9-7-17-40(43)47-44(49)26-22-29-21-23-39-37(46(29)47)24-25-38-35-16-6-8-19-42(35)50(48(38)39)32-27-30-11-10-18-36-33-14-4-5-15-34(33)41(28-32)45(30)36/h1-28H. The molecular formula is C48H28N2. The van der Waals surface area contributed by atoms with Crippen LogP contribution in [0.5, 0.6) is 0 Å². The van der Waals surface area contributed by atoms with E-state index >= 15 is 0 Å². The predicted octanol–water partition coefficient (Wildman–Crippen LogP) is 13.0. The predicted molar refractivity (Wildman–Crippen MR) is 212 cm³/mol. The van der Waals surface area contributed by atoms with E-state index < -0.39 is 0 Å². The van der Waals surface area contributed by atoms with Crippen LogP contribution in [0, 0.1) is 0 Å². The molecule has 2 heteroatoms. The van der Waals surface area contributed by atoms with Gasteiger partial charge in [0, 0.05) is 38.3 Å². The van der Waals surface area contributed by atoms with Gasteiger partial charge in [0.1, 0.15) is 0 Å². The minimum absolute atomic E-state index is 1.18. The van der Waals surface area contributed by atoms with Crippen LogP contribution in [0.2, 0.25) is 0 Å². The fourth-order valence-electron chi connectivity index (χ4n) is 9.20. The number of hydrogen-bond donors (Lipinski definition) is 0. The highest BCUT2D eigenvalue weighted by molar-refractivity contribution is 6.32. The summed E-state index contributed by atoms with van der Waals surface area (Å²) in [5.74, 6) is 0. The summed E-state index contributed by atoms with van der Waals surface area (Å²) in [7, 11) is 0. The fourth-order valence-corrected chi connectivity index (χ4v) is 9.20. The van der Waals surface area contributed by atoms with Gasteiger partial charge in [-0.25, -0.2) is 0 Å². The van der Waals surface area contributed by atoms with Crippen LogP contribution >= 0.6 is 0 Å². The summed E-state index contributed by atoms with van der Waals surface area (Å²) in [4.78, 5) is 0. The quantitative estimate of drug-likeness (QED) is 0.168. The van der Waals surface area contributed by atoms with Crippen LogP contribution < -0.4 is 0 Å². The normalized spacial score (nSPS) is 12.4. The van der Waals surface area contributed by atoms with Gasteiger partial charge in [0.05, 0.1) is 22.1 Å². The number of nitrogens with zero attached hydrogens (tertiary/aromatic N) is 2. The molecule has 2 heterocycles. The van der Waals surface area contributed by atoms with Gasteiger partial charge in [-0.1, -0.05) is 127 Å². The molecule has 2 nitrogen and oxygen atoms in total. The summed E-state index contributed by atoms with van der Waals surface area (Å²) >= 11 is 0. The van der Waals surface area contributed by atoms with Crippen molar-refractivity contribution < 1.29 is 0 Å². The van der Waals surface area contributed by atoms with Crippen LogP contribution in [-0.4, -0.2) is 9.13 Å². The van der Waals surface area contributed by atoms with Crippen molar-refractivity contribution >= 4 is 75.9 Å². The molecule has 0 aliphatic heterocycles. The zero-order valence-corrected chi connectivity index (χ0v) is 27.1. The van der Waals surface area contributed by atoms with Gasteiger partial charge < -0.3 is 9.13 Å². The Kier molecular flexibility index (Phi) is 5.00. The van der Waals surface area contributed by atoms with Crippen molar-refractivity contribution in [3.63, 3.8) is 0 Å². The molecular weight excluding hydrogens is 605 g/mol. The van der Waals surface area contributed by atoms with E-state index in [-0.39, 0.29) is 0 Å². The van der Waals surface area contributed by atoms with E-state index in [1.165, 1.54) is 110 Å². The van der Waals surface area contributed by atoms with Crippen molar-refractivity contribution in [3.8, 4) is 33.6 Å². The lowest BCUT2D eigenvalue weighted by Gasteiger charge is -2.14. The number of aromatic nitrogens is 2. The molecule has 0 amide bonds. The third-order valence-electron chi connectivity index (χ3n) is 11.2.